The normalized spacial score (nSPS) is 18.4. The standard InChI is InChI=1S/C24H34N4O3/c1-23(2,3)31-22(29)27(6)20-12-13-28(17-24(20,4)5)21-25-14-19(15-26-21)30-16-18-10-8-7-9-11-18/h7-11,14-15,20H,12-13,16-17H2,1-6H3. The van der Waals surface area contributed by atoms with Gasteiger partial charge in [-0.25, -0.2) is 14.8 Å². The molecule has 7 heteroatoms. The lowest BCUT2D eigenvalue weighted by molar-refractivity contribution is 0.00424. The molecule has 1 aromatic heterocycles. The van der Waals surface area contributed by atoms with Crippen molar-refractivity contribution < 1.29 is 14.3 Å². The molecule has 1 aliphatic heterocycles. The van der Waals surface area contributed by atoms with Crippen LogP contribution in [0, 0.1) is 5.41 Å². The quantitative estimate of drug-likeness (QED) is 0.700. The number of carbonyl (C=O) groups excluding carboxylic acids is 1. The van der Waals surface area contributed by atoms with E-state index in [1.807, 2.05) is 58.2 Å². The molecule has 2 aromatic rings. The highest BCUT2D eigenvalue weighted by Gasteiger charge is 2.41. The number of anilines is 1. The van der Waals surface area contributed by atoms with Crippen LogP contribution in [-0.4, -0.2) is 52.7 Å². The summed E-state index contributed by atoms with van der Waals surface area (Å²) < 4.78 is 11.3. The van der Waals surface area contributed by atoms with E-state index in [1.54, 1.807) is 17.3 Å². The highest BCUT2D eigenvalue weighted by Crippen LogP contribution is 2.34. The number of hydrogen-bond acceptors (Lipinski definition) is 6. The van der Waals surface area contributed by atoms with Crippen molar-refractivity contribution in [2.75, 3.05) is 25.0 Å². The fourth-order valence-corrected chi connectivity index (χ4v) is 3.98. The van der Waals surface area contributed by atoms with Crippen LogP contribution in [0.4, 0.5) is 10.7 Å². The molecule has 3 rings (SSSR count). The second-order valence-corrected chi connectivity index (χ2v) is 9.80. The Labute approximate surface area is 185 Å². The van der Waals surface area contributed by atoms with E-state index in [2.05, 4.69) is 28.7 Å². The molecule has 1 unspecified atom stereocenters. The molecule has 1 amide bonds. The van der Waals surface area contributed by atoms with Crippen molar-refractivity contribution in [2.45, 2.75) is 59.3 Å². The van der Waals surface area contributed by atoms with Gasteiger partial charge in [0.05, 0.1) is 12.4 Å². The number of piperidine rings is 1. The first-order chi connectivity index (χ1) is 14.5. The van der Waals surface area contributed by atoms with Gasteiger partial charge in [0, 0.05) is 31.6 Å². The van der Waals surface area contributed by atoms with Crippen LogP contribution in [0.2, 0.25) is 0 Å². The molecule has 0 bridgehead atoms. The van der Waals surface area contributed by atoms with Crippen molar-refractivity contribution in [3.05, 3.63) is 48.3 Å². The molecule has 0 aliphatic carbocycles. The van der Waals surface area contributed by atoms with Crippen LogP contribution in [0.5, 0.6) is 5.75 Å². The maximum absolute atomic E-state index is 12.6. The van der Waals surface area contributed by atoms with Gasteiger partial charge < -0.3 is 19.3 Å². The molecule has 168 valence electrons. The summed E-state index contributed by atoms with van der Waals surface area (Å²) in [6, 6.07) is 10.1. The molecule has 31 heavy (non-hydrogen) atoms. The minimum Gasteiger partial charge on any atom is -0.486 e. The van der Waals surface area contributed by atoms with E-state index in [1.165, 1.54) is 0 Å². The molecule has 0 N–H and O–H groups in total. The summed E-state index contributed by atoms with van der Waals surface area (Å²) in [5, 5.41) is 0. The van der Waals surface area contributed by atoms with E-state index in [0.29, 0.717) is 18.3 Å². The van der Waals surface area contributed by atoms with E-state index in [4.69, 9.17) is 9.47 Å². The van der Waals surface area contributed by atoms with Crippen molar-refractivity contribution in [1.29, 1.82) is 0 Å². The first kappa shape index (κ1) is 22.8. The van der Waals surface area contributed by atoms with E-state index in [-0.39, 0.29) is 17.6 Å². The minimum atomic E-state index is -0.506. The second-order valence-electron chi connectivity index (χ2n) is 9.80. The highest BCUT2D eigenvalue weighted by molar-refractivity contribution is 5.68. The van der Waals surface area contributed by atoms with Gasteiger partial charge in [-0.05, 0) is 32.8 Å². The SMILES string of the molecule is CN(C(=O)OC(C)(C)C)C1CCN(c2ncc(OCc3ccccc3)cn2)CC1(C)C. The summed E-state index contributed by atoms with van der Waals surface area (Å²) in [5.74, 6) is 1.32. The molecule has 0 saturated carbocycles. The van der Waals surface area contributed by atoms with Gasteiger partial charge in [-0.2, -0.15) is 0 Å². The van der Waals surface area contributed by atoms with Crippen molar-refractivity contribution >= 4 is 12.0 Å². The topological polar surface area (TPSA) is 67.8 Å². The Hall–Kier alpha value is -2.83. The molecule has 1 aliphatic rings. The summed E-state index contributed by atoms with van der Waals surface area (Å²) in [6.07, 6.45) is 3.97. The van der Waals surface area contributed by atoms with Gasteiger partial charge in [0.25, 0.3) is 0 Å². The lowest BCUT2D eigenvalue weighted by Gasteiger charge is -2.47. The van der Waals surface area contributed by atoms with Gasteiger partial charge in [0.15, 0.2) is 5.75 Å². The van der Waals surface area contributed by atoms with E-state index >= 15 is 0 Å². The van der Waals surface area contributed by atoms with Gasteiger partial charge in [-0.3, -0.25) is 0 Å². The van der Waals surface area contributed by atoms with Crippen LogP contribution in [-0.2, 0) is 11.3 Å². The number of benzene rings is 1. The largest absolute Gasteiger partial charge is 0.486 e. The Kier molecular flexibility index (Phi) is 6.72. The number of amides is 1. The molecule has 0 spiro atoms. The van der Waals surface area contributed by atoms with Crippen molar-refractivity contribution in [3.63, 3.8) is 0 Å². The first-order valence-electron chi connectivity index (χ1n) is 10.7. The number of carbonyl (C=O) groups is 1. The van der Waals surface area contributed by atoms with Gasteiger partial charge in [-0.1, -0.05) is 44.2 Å². The monoisotopic (exact) mass is 426 g/mol. The number of nitrogens with zero attached hydrogens (tertiary/aromatic N) is 4. The van der Waals surface area contributed by atoms with Gasteiger partial charge in [0.1, 0.15) is 12.2 Å². The predicted octanol–water partition coefficient (Wildman–Crippen LogP) is 4.53. The molecular weight excluding hydrogens is 392 g/mol. The Morgan fingerprint density at radius 2 is 1.84 bits per heavy atom. The van der Waals surface area contributed by atoms with Gasteiger partial charge >= 0.3 is 6.09 Å². The Morgan fingerprint density at radius 3 is 2.42 bits per heavy atom. The molecule has 1 fully saturated rings. The third-order valence-electron chi connectivity index (χ3n) is 5.47. The smallest absolute Gasteiger partial charge is 0.410 e. The molecule has 7 nitrogen and oxygen atoms in total. The molecule has 1 atom stereocenters. The van der Waals surface area contributed by atoms with Crippen LogP contribution >= 0.6 is 0 Å². The lowest BCUT2D eigenvalue weighted by atomic mass is 9.78. The third kappa shape index (κ3) is 6.09. The molecule has 2 heterocycles. The number of ether oxygens (including phenoxy) is 2. The average Bonchev–Trinajstić information content (AvgIpc) is 2.71. The van der Waals surface area contributed by atoms with Gasteiger partial charge in [-0.15, -0.1) is 0 Å². The van der Waals surface area contributed by atoms with Crippen LogP contribution < -0.4 is 9.64 Å². The maximum atomic E-state index is 12.6. The summed E-state index contributed by atoms with van der Waals surface area (Å²) in [4.78, 5) is 25.5. The number of hydrogen-bond donors (Lipinski definition) is 0. The minimum absolute atomic E-state index is 0.0760. The van der Waals surface area contributed by atoms with Crippen LogP contribution in [0.25, 0.3) is 0 Å². The van der Waals surface area contributed by atoms with E-state index < -0.39 is 5.60 Å². The highest BCUT2D eigenvalue weighted by atomic mass is 16.6. The summed E-state index contributed by atoms with van der Waals surface area (Å²) in [7, 11) is 1.82. The zero-order valence-corrected chi connectivity index (χ0v) is 19.5. The number of rotatable bonds is 5. The maximum Gasteiger partial charge on any atom is 0.410 e. The van der Waals surface area contributed by atoms with Gasteiger partial charge in [0.2, 0.25) is 5.95 Å². The summed E-state index contributed by atoms with van der Waals surface area (Å²) >= 11 is 0. The fourth-order valence-electron chi connectivity index (χ4n) is 3.98. The van der Waals surface area contributed by atoms with Crippen LogP contribution in [0.15, 0.2) is 42.7 Å². The predicted molar refractivity (Wildman–Crippen MR) is 121 cm³/mol. The molecule has 0 radical (unpaired) electrons. The second kappa shape index (κ2) is 9.12. The Balaban J connectivity index is 1.59. The Bertz CT molecular complexity index is 863. The molecule has 1 saturated heterocycles. The third-order valence-corrected chi connectivity index (χ3v) is 5.47. The van der Waals surface area contributed by atoms with Crippen molar-refractivity contribution in [3.8, 4) is 5.75 Å². The number of aromatic nitrogens is 2. The lowest BCUT2D eigenvalue weighted by Crippen LogP contribution is -2.57. The zero-order chi connectivity index (χ0) is 22.6. The van der Waals surface area contributed by atoms with E-state index in [0.717, 1.165) is 25.1 Å². The fraction of sp³-hybridized carbons (Fsp3) is 0.542. The average molecular weight is 427 g/mol. The van der Waals surface area contributed by atoms with Crippen LogP contribution in [0.3, 0.4) is 0 Å². The van der Waals surface area contributed by atoms with Crippen molar-refractivity contribution in [2.24, 2.45) is 5.41 Å². The zero-order valence-electron chi connectivity index (χ0n) is 19.5. The van der Waals surface area contributed by atoms with Crippen LogP contribution in [0.1, 0.15) is 46.6 Å². The van der Waals surface area contributed by atoms with Crippen molar-refractivity contribution in [1.82, 2.24) is 14.9 Å². The summed E-state index contributed by atoms with van der Waals surface area (Å²) in [5.41, 5.74) is 0.453. The summed E-state index contributed by atoms with van der Waals surface area (Å²) in [6.45, 7) is 12.0. The Morgan fingerprint density at radius 1 is 1.19 bits per heavy atom. The van der Waals surface area contributed by atoms with E-state index in [9.17, 15) is 4.79 Å². The molecular formula is C24H34N4O3. The first-order valence-corrected chi connectivity index (χ1v) is 10.7. The molecule has 1 aromatic carbocycles.